The van der Waals surface area contributed by atoms with Gasteiger partial charge in [0.05, 0.1) is 5.69 Å². The van der Waals surface area contributed by atoms with Gasteiger partial charge in [-0.1, -0.05) is 27.7 Å². The molecule has 1 unspecified atom stereocenters. The van der Waals surface area contributed by atoms with E-state index in [0.717, 1.165) is 18.8 Å². The molecule has 1 N–H and O–H groups in total. The van der Waals surface area contributed by atoms with E-state index < -0.39 is 0 Å². The summed E-state index contributed by atoms with van der Waals surface area (Å²) in [5.41, 5.74) is 2.66. The Bertz CT molecular complexity index is 415. The molecule has 0 saturated carbocycles. The maximum absolute atomic E-state index is 4.58. The van der Waals surface area contributed by atoms with Crippen LogP contribution in [-0.2, 0) is 13.6 Å². The molecule has 0 aliphatic rings. The molecule has 1 heterocycles. The first kappa shape index (κ1) is 16.0. The zero-order chi connectivity index (χ0) is 14.8. The van der Waals surface area contributed by atoms with Crippen molar-refractivity contribution in [1.82, 2.24) is 15.1 Å². The van der Waals surface area contributed by atoms with Crippen molar-refractivity contribution in [1.29, 1.82) is 0 Å². The van der Waals surface area contributed by atoms with E-state index in [1.54, 1.807) is 0 Å². The summed E-state index contributed by atoms with van der Waals surface area (Å²) < 4.78 is 2.00. The Morgan fingerprint density at radius 1 is 1.37 bits per heavy atom. The number of nitrogens with one attached hydrogen (secondary N) is 1. The van der Waals surface area contributed by atoms with Crippen molar-refractivity contribution in [3.63, 3.8) is 0 Å². The fraction of sp³-hybridized carbons (Fsp3) is 0.800. The number of hydrogen-bond donors (Lipinski definition) is 1. The molecule has 19 heavy (non-hydrogen) atoms. The Kier molecular flexibility index (Phi) is 5.02. The van der Waals surface area contributed by atoms with Crippen LogP contribution in [0.1, 0.15) is 45.9 Å². The molecule has 1 aromatic heterocycles. The van der Waals surface area contributed by atoms with Crippen LogP contribution in [0.5, 0.6) is 0 Å². The molecule has 0 fully saturated rings. The zero-order valence-electron chi connectivity index (χ0n) is 13.8. The summed E-state index contributed by atoms with van der Waals surface area (Å²) in [5, 5.41) is 8.00. The first-order valence-electron chi connectivity index (χ1n) is 7.16. The van der Waals surface area contributed by atoms with Crippen LogP contribution in [0.2, 0.25) is 0 Å². The molecule has 0 bridgehead atoms. The summed E-state index contributed by atoms with van der Waals surface area (Å²) in [7, 11) is 4.20. The van der Waals surface area contributed by atoms with Gasteiger partial charge < -0.3 is 10.2 Å². The summed E-state index contributed by atoms with van der Waals surface area (Å²) in [5.74, 6) is 1.22. The van der Waals surface area contributed by atoms with Gasteiger partial charge in [-0.05, 0) is 25.8 Å². The average molecular weight is 266 g/mol. The molecule has 0 amide bonds. The van der Waals surface area contributed by atoms with E-state index in [2.05, 4.69) is 63.9 Å². The molecule has 110 valence electrons. The topological polar surface area (TPSA) is 33.1 Å². The Hall–Kier alpha value is -1.03. The Balaban J connectivity index is 3.11. The number of rotatable bonds is 5. The van der Waals surface area contributed by atoms with E-state index >= 15 is 0 Å². The second-order valence-electron chi connectivity index (χ2n) is 6.44. The number of aryl methyl sites for hydroxylation is 2. The SMILES string of the molecule is CCNCc1c(C)nn(C)c1N(C)C(C)C(C)(C)C. The van der Waals surface area contributed by atoms with Crippen LogP contribution in [0.4, 0.5) is 5.82 Å². The van der Waals surface area contributed by atoms with Crippen molar-refractivity contribution < 1.29 is 0 Å². The molecule has 0 saturated heterocycles. The number of aromatic nitrogens is 2. The molecule has 1 rings (SSSR count). The lowest BCUT2D eigenvalue weighted by Gasteiger charge is -2.37. The summed E-state index contributed by atoms with van der Waals surface area (Å²) >= 11 is 0. The van der Waals surface area contributed by atoms with E-state index in [0.29, 0.717) is 6.04 Å². The monoisotopic (exact) mass is 266 g/mol. The van der Waals surface area contributed by atoms with E-state index in [-0.39, 0.29) is 5.41 Å². The maximum Gasteiger partial charge on any atom is 0.131 e. The van der Waals surface area contributed by atoms with Crippen LogP contribution in [-0.4, -0.2) is 29.4 Å². The third-order valence-corrected chi connectivity index (χ3v) is 4.03. The van der Waals surface area contributed by atoms with Crippen molar-refractivity contribution in [3.8, 4) is 0 Å². The van der Waals surface area contributed by atoms with Crippen LogP contribution < -0.4 is 10.2 Å². The van der Waals surface area contributed by atoms with Gasteiger partial charge in [0.15, 0.2) is 0 Å². The van der Waals surface area contributed by atoms with Gasteiger partial charge in [0.2, 0.25) is 0 Å². The van der Waals surface area contributed by atoms with Crippen LogP contribution in [0.15, 0.2) is 0 Å². The van der Waals surface area contributed by atoms with Crippen LogP contribution in [0.3, 0.4) is 0 Å². The first-order chi connectivity index (χ1) is 8.70. The maximum atomic E-state index is 4.58. The third-order valence-electron chi connectivity index (χ3n) is 4.03. The molecular weight excluding hydrogens is 236 g/mol. The molecule has 0 radical (unpaired) electrons. The van der Waals surface area contributed by atoms with E-state index in [4.69, 9.17) is 0 Å². The first-order valence-corrected chi connectivity index (χ1v) is 7.16. The molecule has 0 spiro atoms. The number of hydrogen-bond acceptors (Lipinski definition) is 3. The lowest BCUT2D eigenvalue weighted by atomic mass is 9.87. The van der Waals surface area contributed by atoms with Crippen molar-refractivity contribution >= 4 is 5.82 Å². The molecule has 0 aromatic carbocycles. The van der Waals surface area contributed by atoms with Crippen molar-refractivity contribution in [2.75, 3.05) is 18.5 Å². The van der Waals surface area contributed by atoms with Gasteiger partial charge in [-0.3, -0.25) is 4.68 Å². The minimum Gasteiger partial charge on any atom is -0.356 e. The zero-order valence-corrected chi connectivity index (χ0v) is 13.8. The Morgan fingerprint density at radius 3 is 2.42 bits per heavy atom. The van der Waals surface area contributed by atoms with Gasteiger partial charge >= 0.3 is 0 Å². The van der Waals surface area contributed by atoms with E-state index in [1.165, 1.54) is 11.4 Å². The fourth-order valence-corrected chi connectivity index (χ4v) is 2.35. The highest BCUT2D eigenvalue weighted by atomic mass is 15.4. The van der Waals surface area contributed by atoms with Crippen molar-refractivity contribution in [2.45, 2.75) is 54.1 Å². The molecule has 4 heteroatoms. The minimum absolute atomic E-state index is 0.238. The second kappa shape index (κ2) is 5.95. The lowest BCUT2D eigenvalue weighted by molar-refractivity contribution is 0.326. The van der Waals surface area contributed by atoms with Crippen LogP contribution in [0.25, 0.3) is 0 Å². The van der Waals surface area contributed by atoms with Gasteiger partial charge in [-0.25, -0.2) is 0 Å². The Morgan fingerprint density at radius 2 is 1.95 bits per heavy atom. The average Bonchev–Trinajstić information content (AvgIpc) is 2.58. The minimum atomic E-state index is 0.238. The quantitative estimate of drug-likeness (QED) is 0.889. The normalized spacial score (nSPS) is 13.7. The summed E-state index contributed by atoms with van der Waals surface area (Å²) in [6.07, 6.45) is 0. The molecule has 0 aliphatic heterocycles. The Labute approximate surface area is 118 Å². The number of anilines is 1. The predicted octanol–water partition coefficient (Wildman–Crippen LogP) is 2.71. The molecule has 1 aromatic rings. The van der Waals surface area contributed by atoms with Gasteiger partial charge in [-0.2, -0.15) is 5.10 Å². The second-order valence-corrected chi connectivity index (χ2v) is 6.44. The van der Waals surface area contributed by atoms with Crippen LogP contribution >= 0.6 is 0 Å². The molecule has 1 atom stereocenters. The molecule has 4 nitrogen and oxygen atoms in total. The van der Waals surface area contributed by atoms with E-state index in [9.17, 15) is 0 Å². The van der Waals surface area contributed by atoms with Gasteiger partial charge in [-0.15, -0.1) is 0 Å². The summed E-state index contributed by atoms with van der Waals surface area (Å²) in [6, 6.07) is 0.447. The van der Waals surface area contributed by atoms with Gasteiger partial charge in [0.1, 0.15) is 5.82 Å². The molecule has 0 aliphatic carbocycles. The molecular formula is C15H30N4. The van der Waals surface area contributed by atoms with Gasteiger partial charge in [0, 0.05) is 32.2 Å². The predicted molar refractivity (Wildman–Crippen MR) is 82.6 cm³/mol. The highest BCUT2D eigenvalue weighted by Gasteiger charge is 2.27. The van der Waals surface area contributed by atoms with E-state index in [1.807, 2.05) is 11.7 Å². The fourth-order valence-electron chi connectivity index (χ4n) is 2.35. The highest BCUT2D eigenvalue weighted by Crippen LogP contribution is 2.30. The lowest BCUT2D eigenvalue weighted by Crippen LogP contribution is -2.41. The largest absolute Gasteiger partial charge is 0.356 e. The summed E-state index contributed by atoms with van der Waals surface area (Å²) in [4.78, 5) is 2.35. The highest BCUT2D eigenvalue weighted by molar-refractivity contribution is 5.50. The van der Waals surface area contributed by atoms with Crippen LogP contribution in [0, 0.1) is 12.3 Å². The van der Waals surface area contributed by atoms with Gasteiger partial charge in [0.25, 0.3) is 0 Å². The standard InChI is InChI=1S/C15H30N4/c1-9-16-10-13-11(2)17-19(8)14(13)18(7)12(3)15(4,5)6/h12,16H,9-10H2,1-8H3. The van der Waals surface area contributed by atoms with Crippen molar-refractivity contribution in [3.05, 3.63) is 11.3 Å². The summed E-state index contributed by atoms with van der Waals surface area (Å²) in [6.45, 7) is 15.2. The smallest absolute Gasteiger partial charge is 0.131 e. The third kappa shape index (κ3) is 3.50. The number of nitrogens with zero attached hydrogens (tertiary/aromatic N) is 3. The van der Waals surface area contributed by atoms with Crippen molar-refractivity contribution in [2.24, 2.45) is 12.5 Å².